The van der Waals surface area contributed by atoms with Gasteiger partial charge in [0.15, 0.2) is 0 Å². The molecule has 24 heavy (non-hydrogen) atoms. The molecule has 120 valence electrons. The minimum Gasteiger partial charge on any atom is -0.471 e. The Hall–Kier alpha value is -3.08. The van der Waals surface area contributed by atoms with E-state index >= 15 is 0 Å². The fourth-order valence-corrected chi connectivity index (χ4v) is 2.62. The van der Waals surface area contributed by atoms with Gasteiger partial charge >= 0.3 is 0 Å². The lowest BCUT2D eigenvalue weighted by molar-refractivity contribution is -0.134. The highest BCUT2D eigenvalue weighted by atomic mass is 16.5. The number of carbonyl (C=O) groups is 1. The Morgan fingerprint density at radius 2 is 2.04 bits per heavy atom. The van der Waals surface area contributed by atoms with E-state index in [2.05, 4.69) is 4.98 Å². The van der Waals surface area contributed by atoms with Crippen molar-refractivity contribution in [3.8, 4) is 5.88 Å². The number of pyridine rings is 1. The van der Waals surface area contributed by atoms with E-state index in [4.69, 9.17) is 9.15 Å². The molecule has 0 aliphatic carbocycles. The number of fused-ring (bicyclic) bond motifs is 1. The number of nitrogens with zero attached hydrogens (tertiary/aromatic N) is 2. The molecule has 1 fully saturated rings. The lowest BCUT2D eigenvalue weighted by Crippen LogP contribution is -2.55. The quantitative estimate of drug-likeness (QED) is 0.693. The fourth-order valence-electron chi connectivity index (χ4n) is 2.62. The number of amides is 1. The maximum Gasteiger partial charge on any atom is 0.246 e. The summed E-state index contributed by atoms with van der Waals surface area (Å²) in [6, 6.07) is 15.4. The first-order valence-corrected chi connectivity index (χ1v) is 7.81. The van der Waals surface area contributed by atoms with Gasteiger partial charge in [-0.1, -0.05) is 18.2 Å². The molecule has 1 amide bonds. The van der Waals surface area contributed by atoms with Crippen LogP contribution in [0.15, 0.2) is 65.3 Å². The van der Waals surface area contributed by atoms with E-state index in [1.807, 2.05) is 36.4 Å². The monoisotopic (exact) mass is 320 g/mol. The lowest BCUT2D eigenvalue weighted by Gasteiger charge is -2.38. The minimum absolute atomic E-state index is 0.0142. The average Bonchev–Trinajstić information content (AvgIpc) is 3.09. The molecule has 0 saturated carbocycles. The first-order valence-electron chi connectivity index (χ1n) is 7.81. The highest BCUT2D eigenvalue weighted by Gasteiger charge is 2.31. The smallest absolute Gasteiger partial charge is 0.246 e. The van der Waals surface area contributed by atoms with Crippen LogP contribution in [-0.4, -0.2) is 35.0 Å². The number of hydrogen-bond acceptors (Lipinski definition) is 4. The van der Waals surface area contributed by atoms with E-state index < -0.39 is 0 Å². The third kappa shape index (κ3) is 3.01. The van der Waals surface area contributed by atoms with Gasteiger partial charge in [0.25, 0.3) is 0 Å². The standard InChI is InChI=1S/C19H16N2O3/c22-19(10-8-15-5-3-11-23-15)21-12-16(13-21)24-18-9-7-14-4-1-2-6-17(14)20-18/h1-11,16H,12-13H2/b10-8+. The summed E-state index contributed by atoms with van der Waals surface area (Å²) in [7, 11) is 0. The van der Waals surface area contributed by atoms with Crippen molar-refractivity contribution < 1.29 is 13.9 Å². The van der Waals surface area contributed by atoms with Gasteiger partial charge in [-0.25, -0.2) is 4.98 Å². The molecule has 0 bridgehead atoms. The van der Waals surface area contributed by atoms with Crippen molar-refractivity contribution in [3.63, 3.8) is 0 Å². The lowest BCUT2D eigenvalue weighted by atomic mass is 10.1. The first kappa shape index (κ1) is 14.5. The van der Waals surface area contributed by atoms with Crippen LogP contribution in [0.5, 0.6) is 5.88 Å². The molecule has 3 heterocycles. The molecule has 0 atom stereocenters. The van der Waals surface area contributed by atoms with Crippen LogP contribution in [0.4, 0.5) is 0 Å². The Morgan fingerprint density at radius 1 is 1.17 bits per heavy atom. The van der Waals surface area contributed by atoms with Crippen LogP contribution in [0.1, 0.15) is 5.76 Å². The SMILES string of the molecule is O=C(/C=C/c1ccco1)N1CC(Oc2ccc3ccccc3n2)C1. The van der Waals surface area contributed by atoms with Crippen LogP contribution in [0.25, 0.3) is 17.0 Å². The molecule has 1 saturated heterocycles. The van der Waals surface area contributed by atoms with Gasteiger partial charge in [0.2, 0.25) is 11.8 Å². The summed E-state index contributed by atoms with van der Waals surface area (Å²) >= 11 is 0. The molecule has 0 radical (unpaired) electrons. The van der Waals surface area contributed by atoms with E-state index in [-0.39, 0.29) is 12.0 Å². The Kier molecular flexibility index (Phi) is 3.75. The predicted molar refractivity (Wildman–Crippen MR) is 90.5 cm³/mol. The normalized spacial score (nSPS) is 14.9. The number of likely N-dealkylation sites (tertiary alicyclic amines) is 1. The maximum absolute atomic E-state index is 12.0. The topological polar surface area (TPSA) is 55.6 Å². The van der Waals surface area contributed by atoms with Crippen LogP contribution in [-0.2, 0) is 4.79 Å². The largest absolute Gasteiger partial charge is 0.471 e. The van der Waals surface area contributed by atoms with Gasteiger partial charge in [0.05, 0.1) is 24.9 Å². The van der Waals surface area contributed by atoms with E-state index in [1.54, 1.807) is 29.4 Å². The molecule has 2 aromatic heterocycles. The van der Waals surface area contributed by atoms with E-state index in [9.17, 15) is 4.79 Å². The number of aromatic nitrogens is 1. The van der Waals surface area contributed by atoms with Crippen LogP contribution in [0.3, 0.4) is 0 Å². The molecule has 3 aromatic rings. The van der Waals surface area contributed by atoms with Crippen molar-refractivity contribution >= 4 is 22.9 Å². The number of hydrogen-bond donors (Lipinski definition) is 0. The highest BCUT2D eigenvalue weighted by Crippen LogP contribution is 2.20. The summed E-state index contributed by atoms with van der Waals surface area (Å²) in [5.74, 6) is 1.21. The molecular weight excluding hydrogens is 304 g/mol. The van der Waals surface area contributed by atoms with Crippen LogP contribution < -0.4 is 4.74 Å². The summed E-state index contributed by atoms with van der Waals surface area (Å²) in [6.07, 6.45) is 4.75. The minimum atomic E-state index is -0.0438. The Balaban J connectivity index is 1.33. The summed E-state index contributed by atoms with van der Waals surface area (Å²) < 4.78 is 11.0. The van der Waals surface area contributed by atoms with Crippen LogP contribution in [0.2, 0.25) is 0 Å². The van der Waals surface area contributed by atoms with Gasteiger partial charge < -0.3 is 14.1 Å². The number of para-hydroxylation sites is 1. The van der Waals surface area contributed by atoms with Gasteiger partial charge in [0.1, 0.15) is 11.9 Å². The number of furan rings is 1. The van der Waals surface area contributed by atoms with Gasteiger partial charge in [-0.3, -0.25) is 4.79 Å². The molecule has 5 heteroatoms. The zero-order chi connectivity index (χ0) is 16.4. The first-order chi connectivity index (χ1) is 11.8. The van der Waals surface area contributed by atoms with E-state index in [0.29, 0.717) is 24.7 Å². The van der Waals surface area contributed by atoms with Gasteiger partial charge in [-0.05, 0) is 30.3 Å². The second kappa shape index (κ2) is 6.20. The van der Waals surface area contributed by atoms with Crippen molar-refractivity contribution in [1.82, 2.24) is 9.88 Å². The zero-order valence-corrected chi connectivity index (χ0v) is 13.0. The van der Waals surface area contributed by atoms with Crippen molar-refractivity contribution in [1.29, 1.82) is 0 Å². The van der Waals surface area contributed by atoms with Crippen LogP contribution >= 0.6 is 0 Å². The molecule has 0 N–H and O–H groups in total. The second-order valence-corrected chi connectivity index (χ2v) is 5.67. The summed E-state index contributed by atoms with van der Waals surface area (Å²) in [5, 5.41) is 1.08. The molecule has 5 nitrogen and oxygen atoms in total. The number of ether oxygens (including phenoxy) is 1. The molecular formula is C19H16N2O3. The Morgan fingerprint density at radius 3 is 2.88 bits per heavy atom. The highest BCUT2D eigenvalue weighted by molar-refractivity contribution is 5.92. The molecule has 1 aliphatic heterocycles. The van der Waals surface area contributed by atoms with Gasteiger partial charge in [-0.2, -0.15) is 0 Å². The van der Waals surface area contributed by atoms with Gasteiger partial charge in [0, 0.05) is 17.5 Å². The van der Waals surface area contributed by atoms with Crippen LogP contribution in [0, 0.1) is 0 Å². The molecule has 0 unspecified atom stereocenters. The average molecular weight is 320 g/mol. The fraction of sp³-hybridized carbons (Fsp3) is 0.158. The zero-order valence-electron chi connectivity index (χ0n) is 13.0. The van der Waals surface area contributed by atoms with Gasteiger partial charge in [-0.15, -0.1) is 0 Å². The van der Waals surface area contributed by atoms with E-state index in [1.165, 1.54) is 6.08 Å². The number of carbonyl (C=O) groups excluding carboxylic acids is 1. The summed E-state index contributed by atoms with van der Waals surface area (Å²) in [5.41, 5.74) is 0.906. The summed E-state index contributed by atoms with van der Waals surface area (Å²) in [4.78, 5) is 18.2. The Labute approximate surface area is 139 Å². The molecule has 0 spiro atoms. The van der Waals surface area contributed by atoms with E-state index in [0.717, 1.165) is 10.9 Å². The summed E-state index contributed by atoms with van der Waals surface area (Å²) in [6.45, 7) is 1.13. The predicted octanol–water partition coefficient (Wildman–Crippen LogP) is 3.13. The number of rotatable bonds is 4. The van der Waals surface area contributed by atoms with Crippen molar-refractivity contribution in [2.24, 2.45) is 0 Å². The maximum atomic E-state index is 12.0. The Bertz CT molecular complexity index is 881. The molecule has 1 aliphatic rings. The second-order valence-electron chi connectivity index (χ2n) is 5.67. The third-order valence-corrected chi connectivity index (χ3v) is 3.95. The molecule has 1 aromatic carbocycles. The van der Waals surface area contributed by atoms with Crippen molar-refractivity contribution in [2.45, 2.75) is 6.10 Å². The molecule has 4 rings (SSSR count). The third-order valence-electron chi connectivity index (χ3n) is 3.95. The van der Waals surface area contributed by atoms with Crippen molar-refractivity contribution in [2.75, 3.05) is 13.1 Å². The van der Waals surface area contributed by atoms with Crippen molar-refractivity contribution in [3.05, 3.63) is 66.6 Å². The number of benzene rings is 1.